The standard InChI is InChI=1S/C26H52O7/c1-22(2)8-5-9-23(3)10-6-11-24(4)12-7-13-32-20-26(17-30,18-31)21-33-19-25(14-27,15-28)16-29/h12,22-23,27-31H,5-11,13-21H2,1-4H3. The van der Waals surface area contributed by atoms with Crippen molar-refractivity contribution in [3.05, 3.63) is 11.6 Å². The van der Waals surface area contributed by atoms with Gasteiger partial charge in [-0.05, 0) is 38.0 Å². The Morgan fingerprint density at radius 3 is 1.79 bits per heavy atom. The Kier molecular flexibility index (Phi) is 18.4. The molecule has 7 nitrogen and oxygen atoms in total. The average Bonchev–Trinajstić information content (AvgIpc) is 2.80. The van der Waals surface area contributed by atoms with Crippen molar-refractivity contribution in [2.75, 3.05) is 59.5 Å². The van der Waals surface area contributed by atoms with Crippen LogP contribution in [0.5, 0.6) is 0 Å². The monoisotopic (exact) mass is 476 g/mol. The van der Waals surface area contributed by atoms with Gasteiger partial charge in [0.2, 0.25) is 0 Å². The number of aliphatic hydroxyl groups is 5. The molecule has 0 rings (SSSR count). The van der Waals surface area contributed by atoms with E-state index in [4.69, 9.17) is 9.47 Å². The van der Waals surface area contributed by atoms with Crippen LogP contribution in [0.4, 0.5) is 0 Å². The van der Waals surface area contributed by atoms with E-state index < -0.39 is 30.7 Å². The van der Waals surface area contributed by atoms with E-state index in [-0.39, 0.29) is 33.0 Å². The molecule has 1 unspecified atom stereocenters. The highest BCUT2D eigenvalue weighted by Gasteiger charge is 2.33. The van der Waals surface area contributed by atoms with Gasteiger partial charge >= 0.3 is 0 Å². The number of aliphatic hydroxyl groups excluding tert-OH is 5. The Morgan fingerprint density at radius 2 is 1.24 bits per heavy atom. The second-order valence-electron chi connectivity index (χ2n) is 10.5. The zero-order chi connectivity index (χ0) is 25.2. The molecule has 0 spiro atoms. The van der Waals surface area contributed by atoms with Crippen molar-refractivity contribution in [3.63, 3.8) is 0 Å². The third-order valence-electron chi connectivity index (χ3n) is 6.40. The summed E-state index contributed by atoms with van der Waals surface area (Å²) in [4.78, 5) is 0. The lowest BCUT2D eigenvalue weighted by atomic mass is 9.90. The van der Waals surface area contributed by atoms with E-state index in [0.29, 0.717) is 6.61 Å². The van der Waals surface area contributed by atoms with E-state index in [0.717, 1.165) is 24.7 Å². The first-order chi connectivity index (χ1) is 15.7. The summed E-state index contributed by atoms with van der Waals surface area (Å²) in [5.41, 5.74) is -0.761. The van der Waals surface area contributed by atoms with E-state index in [1.807, 2.05) is 0 Å². The SMILES string of the molecule is CC(=CCCOCC(CO)(CO)COCC(CO)(CO)CO)CCCC(C)CCCC(C)C. The molecule has 0 aliphatic carbocycles. The molecule has 1 atom stereocenters. The van der Waals surface area contributed by atoms with Gasteiger partial charge in [-0.1, -0.05) is 58.1 Å². The molecule has 0 bridgehead atoms. The molecule has 0 fully saturated rings. The number of hydrogen-bond acceptors (Lipinski definition) is 7. The molecule has 0 aromatic carbocycles. The molecule has 0 saturated heterocycles. The Labute approximate surface area is 201 Å². The van der Waals surface area contributed by atoms with E-state index in [2.05, 4.69) is 33.8 Å². The van der Waals surface area contributed by atoms with Crippen molar-refractivity contribution in [3.8, 4) is 0 Å². The fourth-order valence-corrected chi connectivity index (χ4v) is 3.57. The molecule has 198 valence electrons. The molecule has 0 aromatic rings. The number of ether oxygens (including phenoxy) is 2. The topological polar surface area (TPSA) is 120 Å². The molecule has 0 heterocycles. The maximum atomic E-state index is 9.77. The zero-order valence-electron chi connectivity index (χ0n) is 21.6. The summed E-state index contributed by atoms with van der Waals surface area (Å²) in [6, 6.07) is 0. The van der Waals surface area contributed by atoms with Gasteiger partial charge in [-0.2, -0.15) is 0 Å². The predicted molar refractivity (Wildman–Crippen MR) is 132 cm³/mol. The maximum absolute atomic E-state index is 9.77. The van der Waals surface area contributed by atoms with Gasteiger partial charge in [0.1, 0.15) is 0 Å². The van der Waals surface area contributed by atoms with E-state index >= 15 is 0 Å². The van der Waals surface area contributed by atoms with Gasteiger partial charge in [-0.25, -0.2) is 0 Å². The normalized spacial score (nSPS) is 14.3. The fourth-order valence-electron chi connectivity index (χ4n) is 3.57. The summed E-state index contributed by atoms with van der Waals surface area (Å²) < 4.78 is 11.2. The summed E-state index contributed by atoms with van der Waals surface area (Å²) in [5, 5.41) is 47.6. The second-order valence-corrected chi connectivity index (χ2v) is 10.5. The minimum atomic E-state index is -1.15. The van der Waals surface area contributed by atoms with Gasteiger partial charge in [0, 0.05) is 0 Å². The third-order valence-corrected chi connectivity index (χ3v) is 6.40. The van der Waals surface area contributed by atoms with Crippen molar-refractivity contribution >= 4 is 0 Å². The smallest absolute Gasteiger partial charge is 0.0632 e. The quantitative estimate of drug-likeness (QED) is 0.120. The summed E-state index contributed by atoms with van der Waals surface area (Å²) in [7, 11) is 0. The van der Waals surface area contributed by atoms with Gasteiger partial charge in [-0.3, -0.25) is 0 Å². The van der Waals surface area contributed by atoms with Crippen molar-refractivity contribution in [2.45, 2.75) is 72.6 Å². The molecule has 7 heteroatoms. The van der Waals surface area contributed by atoms with Gasteiger partial charge in [0.05, 0.1) is 70.3 Å². The molecule has 5 N–H and O–H groups in total. The van der Waals surface area contributed by atoms with Crippen LogP contribution in [-0.2, 0) is 9.47 Å². The molecule has 0 aromatic heterocycles. The summed E-state index contributed by atoms with van der Waals surface area (Å²) in [5.74, 6) is 1.57. The lowest BCUT2D eigenvalue weighted by molar-refractivity contribution is -0.111. The first-order valence-electron chi connectivity index (χ1n) is 12.6. The molecule has 33 heavy (non-hydrogen) atoms. The molecule has 0 radical (unpaired) electrons. The largest absolute Gasteiger partial charge is 0.396 e. The number of allylic oxidation sites excluding steroid dienone is 1. The third kappa shape index (κ3) is 14.5. The number of hydrogen-bond donors (Lipinski definition) is 5. The molecule has 0 amide bonds. The van der Waals surface area contributed by atoms with Crippen LogP contribution in [0.3, 0.4) is 0 Å². The molecule has 0 saturated carbocycles. The van der Waals surface area contributed by atoms with Gasteiger partial charge in [0.25, 0.3) is 0 Å². The molecule has 0 aliphatic rings. The number of rotatable bonds is 22. The first kappa shape index (κ1) is 32.5. The Hall–Kier alpha value is -0.540. The van der Waals surface area contributed by atoms with Crippen LogP contribution in [0.2, 0.25) is 0 Å². The highest BCUT2D eigenvalue weighted by Crippen LogP contribution is 2.22. The minimum absolute atomic E-state index is 0.00797. The van der Waals surface area contributed by atoms with Gasteiger partial charge < -0.3 is 35.0 Å². The van der Waals surface area contributed by atoms with E-state index in [1.165, 1.54) is 37.7 Å². The average molecular weight is 477 g/mol. The van der Waals surface area contributed by atoms with Gasteiger partial charge in [0.15, 0.2) is 0 Å². The van der Waals surface area contributed by atoms with Crippen molar-refractivity contribution in [1.82, 2.24) is 0 Å². The minimum Gasteiger partial charge on any atom is -0.396 e. The van der Waals surface area contributed by atoms with E-state index in [1.54, 1.807) is 0 Å². The predicted octanol–water partition coefficient (Wildman–Crippen LogP) is 2.92. The van der Waals surface area contributed by atoms with E-state index in [9.17, 15) is 25.5 Å². The zero-order valence-corrected chi connectivity index (χ0v) is 21.6. The lowest BCUT2D eigenvalue weighted by Gasteiger charge is -2.32. The van der Waals surface area contributed by atoms with Crippen molar-refractivity contribution in [1.29, 1.82) is 0 Å². The van der Waals surface area contributed by atoms with Gasteiger partial charge in [-0.15, -0.1) is 0 Å². The highest BCUT2D eigenvalue weighted by atomic mass is 16.5. The summed E-state index contributed by atoms with van der Waals surface area (Å²) in [6.07, 6.45) is 10.5. The molecule has 0 aliphatic heterocycles. The van der Waals surface area contributed by atoms with Crippen LogP contribution in [0.1, 0.15) is 72.6 Å². The summed E-state index contributed by atoms with van der Waals surface area (Å²) in [6.45, 7) is 7.66. The van der Waals surface area contributed by atoms with Crippen LogP contribution >= 0.6 is 0 Å². The van der Waals surface area contributed by atoms with Crippen molar-refractivity contribution < 1.29 is 35.0 Å². The van der Waals surface area contributed by atoms with Crippen molar-refractivity contribution in [2.24, 2.45) is 22.7 Å². The molecular weight excluding hydrogens is 424 g/mol. The van der Waals surface area contributed by atoms with Crippen LogP contribution in [0.25, 0.3) is 0 Å². The Bertz CT molecular complexity index is 477. The molecular formula is C26H52O7. The Morgan fingerprint density at radius 1 is 0.727 bits per heavy atom. The first-order valence-corrected chi connectivity index (χ1v) is 12.6. The van der Waals surface area contributed by atoms with Crippen LogP contribution < -0.4 is 0 Å². The summed E-state index contributed by atoms with van der Waals surface area (Å²) >= 11 is 0. The van der Waals surface area contributed by atoms with Crippen LogP contribution in [0.15, 0.2) is 11.6 Å². The lowest BCUT2D eigenvalue weighted by Crippen LogP contribution is -2.43. The fraction of sp³-hybridized carbons (Fsp3) is 0.923. The van der Waals surface area contributed by atoms with Crippen LogP contribution in [0, 0.1) is 22.7 Å². The highest BCUT2D eigenvalue weighted by molar-refractivity contribution is 4.97. The second kappa shape index (κ2) is 18.7. The Balaban J connectivity index is 4.21. The maximum Gasteiger partial charge on any atom is 0.0632 e. The van der Waals surface area contributed by atoms with Crippen LogP contribution in [-0.4, -0.2) is 85.0 Å².